The summed E-state index contributed by atoms with van der Waals surface area (Å²) in [6, 6.07) is 3.61. The van der Waals surface area contributed by atoms with Crippen LogP contribution in [0.1, 0.15) is 43.5 Å². The van der Waals surface area contributed by atoms with Gasteiger partial charge in [0.25, 0.3) is 5.91 Å². The highest BCUT2D eigenvalue weighted by atomic mass is 35.5. The minimum Gasteiger partial charge on any atom is -0.339 e. The fourth-order valence-electron chi connectivity index (χ4n) is 3.20. The van der Waals surface area contributed by atoms with E-state index in [2.05, 4.69) is 9.97 Å². The largest absolute Gasteiger partial charge is 0.339 e. The van der Waals surface area contributed by atoms with Crippen molar-refractivity contribution in [2.75, 3.05) is 13.1 Å². The molecule has 1 aliphatic rings. The van der Waals surface area contributed by atoms with Crippen molar-refractivity contribution in [1.82, 2.24) is 19.4 Å². The normalized spacial score (nSPS) is 14.0. The Morgan fingerprint density at radius 2 is 1.78 bits per heavy atom. The van der Waals surface area contributed by atoms with Crippen LogP contribution in [0.3, 0.4) is 0 Å². The van der Waals surface area contributed by atoms with E-state index in [1.807, 2.05) is 29.4 Å². The van der Waals surface area contributed by atoms with Gasteiger partial charge in [0.15, 0.2) is 0 Å². The summed E-state index contributed by atoms with van der Waals surface area (Å²) < 4.78 is 1.83. The Morgan fingerprint density at radius 1 is 1.04 bits per heavy atom. The number of nitrogens with zero attached hydrogens (tertiary/aromatic N) is 4. The molecular weight excluding hydrogens is 383 g/mol. The Balaban J connectivity index is 0.00000102. The van der Waals surface area contributed by atoms with Gasteiger partial charge in [-0.1, -0.05) is 37.0 Å². The summed E-state index contributed by atoms with van der Waals surface area (Å²) in [7, 11) is 0. The molecule has 1 saturated heterocycles. The number of amides is 1. The number of fused-ring (bicyclic) bond motifs is 1. The van der Waals surface area contributed by atoms with Crippen LogP contribution in [0.2, 0.25) is 10.0 Å². The summed E-state index contributed by atoms with van der Waals surface area (Å²) in [6.07, 6.45) is 9.94. The SMILES string of the molecule is CC.O=C(c1cnc2c(c1)c(Cl)cn2-c1cncc(Cl)c1)N1CCCCC1. The minimum atomic E-state index is 0.0161. The molecule has 0 aromatic carbocycles. The van der Waals surface area contributed by atoms with E-state index in [1.165, 1.54) is 6.42 Å². The molecule has 0 bridgehead atoms. The lowest BCUT2D eigenvalue weighted by Crippen LogP contribution is -2.35. The maximum atomic E-state index is 12.7. The van der Waals surface area contributed by atoms with E-state index in [0.717, 1.165) is 37.0 Å². The molecule has 7 heteroatoms. The first-order valence-corrected chi connectivity index (χ1v) is 9.96. The average Bonchev–Trinajstić information content (AvgIpc) is 3.06. The molecule has 0 atom stereocenters. The lowest BCUT2D eigenvalue weighted by molar-refractivity contribution is 0.0724. The first-order valence-electron chi connectivity index (χ1n) is 9.20. The second kappa shape index (κ2) is 8.72. The zero-order chi connectivity index (χ0) is 19.4. The molecule has 4 rings (SSSR count). The minimum absolute atomic E-state index is 0.0161. The summed E-state index contributed by atoms with van der Waals surface area (Å²) in [6.45, 7) is 5.61. The Morgan fingerprint density at radius 3 is 2.48 bits per heavy atom. The van der Waals surface area contributed by atoms with E-state index in [1.54, 1.807) is 30.9 Å². The van der Waals surface area contributed by atoms with Crippen molar-refractivity contribution >= 4 is 40.1 Å². The highest BCUT2D eigenvalue weighted by Crippen LogP contribution is 2.29. The van der Waals surface area contributed by atoms with Crippen molar-refractivity contribution in [2.45, 2.75) is 33.1 Å². The van der Waals surface area contributed by atoms with Crippen LogP contribution in [0.4, 0.5) is 0 Å². The molecular formula is C20H22Cl2N4O. The van der Waals surface area contributed by atoms with Gasteiger partial charge in [0, 0.05) is 37.1 Å². The van der Waals surface area contributed by atoms with Gasteiger partial charge in [-0.2, -0.15) is 0 Å². The van der Waals surface area contributed by atoms with E-state index in [-0.39, 0.29) is 5.91 Å². The van der Waals surface area contributed by atoms with E-state index in [9.17, 15) is 4.79 Å². The molecule has 0 spiro atoms. The van der Waals surface area contributed by atoms with Gasteiger partial charge in [-0.3, -0.25) is 14.3 Å². The van der Waals surface area contributed by atoms with Crippen LogP contribution >= 0.6 is 23.2 Å². The second-order valence-electron chi connectivity index (χ2n) is 6.16. The topological polar surface area (TPSA) is 51.0 Å². The molecule has 0 aliphatic carbocycles. The predicted octanol–water partition coefficient (Wildman–Crippen LogP) is 5.38. The number of carbonyl (C=O) groups excluding carboxylic acids is 1. The fraction of sp³-hybridized carbons (Fsp3) is 0.350. The van der Waals surface area contributed by atoms with E-state index < -0.39 is 0 Å². The third kappa shape index (κ3) is 4.09. The molecule has 5 nitrogen and oxygen atoms in total. The molecule has 0 unspecified atom stereocenters. The van der Waals surface area contributed by atoms with Gasteiger partial charge >= 0.3 is 0 Å². The standard InChI is InChI=1S/C18H16Cl2N4O.C2H6/c19-13-7-14(10-21-9-13)24-11-16(20)15-6-12(8-22-17(15)24)18(25)23-4-2-1-3-5-23;1-2/h6-11H,1-5H2;1-2H3. The van der Waals surface area contributed by atoms with Gasteiger partial charge in [-0.05, 0) is 31.4 Å². The van der Waals surface area contributed by atoms with Gasteiger partial charge in [0.2, 0.25) is 0 Å². The number of piperidine rings is 1. The van der Waals surface area contributed by atoms with Crippen LogP contribution in [0.15, 0.2) is 36.9 Å². The number of halogens is 2. The second-order valence-corrected chi connectivity index (χ2v) is 7.00. The summed E-state index contributed by atoms with van der Waals surface area (Å²) >= 11 is 12.4. The van der Waals surface area contributed by atoms with E-state index >= 15 is 0 Å². The van der Waals surface area contributed by atoms with E-state index in [0.29, 0.717) is 21.3 Å². The van der Waals surface area contributed by atoms with Crippen LogP contribution in [0.5, 0.6) is 0 Å². The van der Waals surface area contributed by atoms with Gasteiger partial charge in [0.05, 0.1) is 27.5 Å². The summed E-state index contributed by atoms with van der Waals surface area (Å²) in [5, 5.41) is 1.81. The van der Waals surface area contributed by atoms with Gasteiger partial charge in [-0.15, -0.1) is 0 Å². The quantitative estimate of drug-likeness (QED) is 0.575. The predicted molar refractivity (Wildman–Crippen MR) is 110 cm³/mol. The smallest absolute Gasteiger partial charge is 0.255 e. The molecule has 1 amide bonds. The molecule has 142 valence electrons. The molecule has 1 aliphatic heterocycles. The molecule has 0 saturated carbocycles. The molecule has 1 fully saturated rings. The lowest BCUT2D eigenvalue weighted by atomic mass is 10.1. The number of pyridine rings is 2. The molecule has 0 radical (unpaired) electrons. The number of aromatic nitrogens is 3. The zero-order valence-corrected chi connectivity index (χ0v) is 17.0. The van der Waals surface area contributed by atoms with Crippen molar-refractivity contribution in [3.8, 4) is 5.69 Å². The van der Waals surface area contributed by atoms with Crippen molar-refractivity contribution in [3.05, 3.63) is 52.5 Å². The highest BCUT2D eigenvalue weighted by Gasteiger charge is 2.20. The van der Waals surface area contributed by atoms with E-state index in [4.69, 9.17) is 23.2 Å². The fourth-order valence-corrected chi connectivity index (χ4v) is 3.60. The number of rotatable bonds is 2. The van der Waals surface area contributed by atoms with Crippen LogP contribution in [0.25, 0.3) is 16.7 Å². The molecule has 3 aromatic heterocycles. The Labute approximate surface area is 168 Å². The maximum absolute atomic E-state index is 12.7. The first kappa shape index (κ1) is 19.6. The summed E-state index contributed by atoms with van der Waals surface area (Å²) in [4.78, 5) is 23.2. The van der Waals surface area contributed by atoms with Crippen LogP contribution in [0, 0.1) is 0 Å². The first-order chi connectivity index (χ1) is 13.1. The zero-order valence-electron chi connectivity index (χ0n) is 15.5. The number of likely N-dealkylation sites (tertiary alicyclic amines) is 1. The molecule has 0 N–H and O–H groups in total. The van der Waals surface area contributed by atoms with Gasteiger partial charge in [-0.25, -0.2) is 4.98 Å². The summed E-state index contributed by atoms with van der Waals surface area (Å²) in [5.41, 5.74) is 2.01. The Hall–Kier alpha value is -2.11. The van der Waals surface area contributed by atoms with Crippen molar-refractivity contribution in [1.29, 1.82) is 0 Å². The number of hydrogen-bond acceptors (Lipinski definition) is 3. The summed E-state index contributed by atoms with van der Waals surface area (Å²) in [5.74, 6) is 0.0161. The number of hydrogen-bond donors (Lipinski definition) is 0. The average molecular weight is 405 g/mol. The van der Waals surface area contributed by atoms with Crippen molar-refractivity contribution in [3.63, 3.8) is 0 Å². The molecule has 4 heterocycles. The lowest BCUT2D eigenvalue weighted by Gasteiger charge is -2.26. The van der Waals surface area contributed by atoms with Gasteiger partial charge in [0.1, 0.15) is 5.65 Å². The van der Waals surface area contributed by atoms with Crippen LogP contribution in [-0.2, 0) is 0 Å². The third-order valence-electron chi connectivity index (χ3n) is 4.45. The number of carbonyl (C=O) groups is 1. The van der Waals surface area contributed by atoms with Crippen LogP contribution in [-0.4, -0.2) is 38.4 Å². The molecule has 3 aromatic rings. The molecule has 27 heavy (non-hydrogen) atoms. The van der Waals surface area contributed by atoms with Crippen LogP contribution < -0.4 is 0 Å². The monoisotopic (exact) mass is 404 g/mol. The van der Waals surface area contributed by atoms with Crippen molar-refractivity contribution in [2.24, 2.45) is 0 Å². The Kier molecular flexibility index (Phi) is 6.34. The highest BCUT2D eigenvalue weighted by molar-refractivity contribution is 6.35. The van der Waals surface area contributed by atoms with Crippen molar-refractivity contribution < 1.29 is 4.79 Å². The Bertz CT molecular complexity index is 948. The third-order valence-corrected chi connectivity index (χ3v) is 4.96. The van der Waals surface area contributed by atoms with Gasteiger partial charge < -0.3 is 4.90 Å². The maximum Gasteiger partial charge on any atom is 0.255 e.